The maximum absolute atomic E-state index is 10.8. The van der Waals surface area contributed by atoms with Gasteiger partial charge in [0, 0.05) is 11.1 Å². The molecule has 1 aromatic carbocycles. The van der Waals surface area contributed by atoms with E-state index in [2.05, 4.69) is 10.2 Å². The third-order valence-corrected chi connectivity index (χ3v) is 1.78. The van der Waals surface area contributed by atoms with Gasteiger partial charge in [-0.05, 0) is 24.3 Å². The van der Waals surface area contributed by atoms with E-state index in [4.69, 9.17) is 10.2 Å². The van der Waals surface area contributed by atoms with Crippen LogP contribution in [0.1, 0.15) is 10.4 Å². The molecular weight excluding hydrogens is 182 g/mol. The van der Waals surface area contributed by atoms with E-state index in [9.17, 15) is 4.79 Å². The topological polar surface area (TPSA) is 82.0 Å². The second-order valence-electron chi connectivity index (χ2n) is 2.69. The fourth-order valence-electron chi connectivity index (χ4n) is 1.08. The molecule has 0 atom stereocenters. The molecule has 2 N–H and O–H groups in total. The summed E-state index contributed by atoms with van der Waals surface area (Å²) in [5.74, 6) is -0.0388. The van der Waals surface area contributed by atoms with Crippen molar-refractivity contribution in [3.8, 4) is 11.5 Å². The van der Waals surface area contributed by atoms with Crippen molar-refractivity contribution in [2.75, 3.05) is 0 Å². The number of nitrogens with two attached hydrogens (primary N) is 1. The first-order valence-electron chi connectivity index (χ1n) is 3.94. The molecule has 14 heavy (non-hydrogen) atoms. The zero-order valence-electron chi connectivity index (χ0n) is 7.18. The number of carbonyl (C=O) groups is 1. The lowest BCUT2D eigenvalue weighted by atomic mass is 10.1. The minimum Gasteiger partial charge on any atom is -0.423 e. The van der Waals surface area contributed by atoms with Crippen LogP contribution >= 0.6 is 0 Å². The molecule has 1 amide bonds. The quantitative estimate of drug-likeness (QED) is 0.758. The molecule has 0 radical (unpaired) electrons. The number of primary amides is 1. The first kappa shape index (κ1) is 8.43. The van der Waals surface area contributed by atoms with Crippen LogP contribution in [0.25, 0.3) is 11.5 Å². The van der Waals surface area contributed by atoms with E-state index in [1.165, 1.54) is 6.39 Å². The second kappa shape index (κ2) is 3.29. The van der Waals surface area contributed by atoms with Crippen LogP contribution in [0.4, 0.5) is 0 Å². The van der Waals surface area contributed by atoms with Gasteiger partial charge in [0.15, 0.2) is 0 Å². The molecule has 0 saturated carbocycles. The molecule has 0 aliphatic rings. The van der Waals surface area contributed by atoms with Crippen molar-refractivity contribution in [3.05, 3.63) is 36.2 Å². The third-order valence-electron chi connectivity index (χ3n) is 1.78. The normalized spacial score (nSPS) is 10.0. The first-order chi connectivity index (χ1) is 6.77. The molecule has 0 bridgehead atoms. The van der Waals surface area contributed by atoms with E-state index >= 15 is 0 Å². The Kier molecular flexibility index (Phi) is 1.98. The van der Waals surface area contributed by atoms with Crippen LogP contribution in [0.2, 0.25) is 0 Å². The average Bonchev–Trinajstić information content (AvgIpc) is 2.71. The monoisotopic (exact) mass is 189 g/mol. The lowest BCUT2D eigenvalue weighted by molar-refractivity contribution is 0.100. The number of hydrogen-bond acceptors (Lipinski definition) is 4. The Hall–Kier alpha value is -2.17. The van der Waals surface area contributed by atoms with E-state index in [1.807, 2.05) is 0 Å². The van der Waals surface area contributed by atoms with E-state index < -0.39 is 5.91 Å². The Morgan fingerprint density at radius 1 is 1.29 bits per heavy atom. The lowest BCUT2D eigenvalue weighted by Gasteiger charge is -1.96. The predicted molar refractivity (Wildman–Crippen MR) is 48.3 cm³/mol. The predicted octanol–water partition coefficient (Wildman–Crippen LogP) is 0.835. The van der Waals surface area contributed by atoms with Crippen LogP contribution in [-0.2, 0) is 0 Å². The van der Waals surface area contributed by atoms with Gasteiger partial charge < -0.3 is 10.2 Å². The van der Waals surface area contributed by atoms with E-state index in [1.54, 1.807) is 24.3 Å². The van der Waals surface area contributed by atoms with Gasteiger partial charge >= 0.3 is 0 Å². The summed E-state index contributed by atoms with van der Waals surface area (Å²) in [6.07, 6.45) is 1.25. The molecule has 5 heteroatoms. The highest BCUT2D eigenvalue weighted by Crippen LogP contribution is 2.16. The van der Waals surface area contributed by atoms with Crippen molar-refractivity contribution in [1.29, 1.82) is 0 Å². The van der Waals surface area contributed by atoms with Gasteiger partial charge in [-0.15, -0.1) is 10.2 Å². The van der Waals surface area contributed by atoms with Gasteiger partial charge in [0.25, 0.3) is 0 Å². The molecule has 0 spiro atoms. The number of amides is 1. The minimum absolute atomic E-state index is 0.418. The van der Waals surface area contributed by atoms with Crippen LogP contribution in [0.15, 0.2) is 35.1 Å². The Bertz CT molecular complexity index is 434. The molecule has 0 saturated heterocycles. The highest BCUT2D eigenvalue weighted by Gasteiger charge is 2.04. The Balaban J connectivity index is 2.36. The standard InChI is InChI=1S/C9H7N3O2/c10-8(13)6-1-3-7(4-2-6)9-12-11-5-14-9/h1-5H,(H2,10,13). The highest BCUT2D eigenvalue weighted by atomic mass is 16.4. The Morgan fingerprint density at radius 3 is 2.50 bits per heavy atom. The van der Waals surface area contributed by atoms with Crippen LogP contribution < -0.4 is 5.73 Å². The largest absolute Gasteiger partial charge is 0.423 e. The Labute approximate surface area is 79.6 Å². The van der Waals surface area contributed by atoms with Gasteiger partial charge in [-0.1, -0.05) is 0 Å². The molecule has 5 nitrogen and oxygen atoms in total. The summed E-state index contributed by atoms with van der Waals surface area (Å²) in [7, 11) is 0. The lowest BCUT2D eigenvalue weighted by Crippen LogP contribution is -2.10. The Morgan fingerprint density at radius 2 is 2.00 bits per heavy atom. The zero-order chi connectivity index (χ0) is 9.97. The van der Waals surface area contributed by atoms with Gasteiger partial charge in [-0.2, -0.15) is 0 Å². The number of carbonyl (C=O) groups excluding carboxylic acids is 1. The van der Waals surface area contributed by atoms with Gasteiger partial charge in [0.2, 0.25) is 18.2 Å². The molecule has 0 unspecified atom stereocenters. The van der Waals surface area contributed by atoms with Crippen LogP contribution in [0.3, 0.4) is 0 Å². The summed E-state index contributed by atoms with van der Waals surface area (Å²) in [4.78, 5) is 10.8. The number of rotatable bonds is 2. The maximum Gasteiger partial charge on any atom is 0.248 e. The van der Waals surface area contributed by atoms with Crippen molar-refractivity contribution < 1.29 is 9.21 Å². The van der Waals surface area contributed by atoms with Crippen LogP contribution in [0.5, 0.6) is 0 Å². The summed E-state index contributed by atoms with van der Waals surface area (Å²) >= 11 is 0. The molecule has 2 rings (SSSR count). The summed E-state index contributed by atoms with van der Waals surface area (Å²) in [6, 6.07) is 6.63. The van der Waals surface area contributed by atoms with E-state index in [0.717, 1.165) is 5.56 Å². The second-order valence-corrected chi connectivity index (χ2v) is 2.69. The van der Waals surface area contributed by atoms with Crippen LogP contribution in [0, 0.1) is 0 Å². The average molecular weight is 189 g/mol. The van der Waals surface area contributed by atoms with E-state index in [0.29, 0.717) is 11.5 Å². The zero-order valence-corrected chi connectivity index (χ0v) is 7.18. The molecule has 0 aliphatic carbocycles. The summed E-state index contributed by atoms with van der Waals surface area (Å²) < 4.78 is 4.98. The molecule has 1 aromatic heterocycles. The molecule has 70 valence electrons. The SMILES string of the molecule is NC(=O)c1ccc(-c2nnco2)cc1. The summed E-state index contributed by atoms with van der Waals surface area (Å²) in [5, 5.41) is 7.28. The van der Waals surface area contributed by atoms with Crippen molar-refractivity contribution in [2.45, 2.75) is 0 Å². The highest BCUT2D eigenvalue weighted by molar-refractivity contribution is 5.93. The van der Waals surface area contributed by atoms with Crippen molar-refractivity contribution >= 4 is 5.91 Å². The molecule has 2 aromatic rings. The summed E-state index contributed by atoms with van der Waals surface area (Å²) in [5.41, 5.74) is 6.30. The smallest absolute Gasteiger partial charge is 0.248 e. The van der Waals surface area contributed by atoms with Crippen LogP contribution in [-0.4, -0.2) is 16.1 Å². The molecule has 1 heterocycles. The fourth-order valence-corrected chi connectivity index (χ4v) is 1.08. The van der Waals surface area contributed by atoms with Gasteiger partial charge in [0.05, 0.1) is 0 Å². The van der Waals surface area contributed by atoms with Crippen molar-refractivity contribution in [1.82, 2.24) is 10.2 Å². The first-order valence-corrected chi connectivity index (χ1v) is 3.94. The fraction of sp³-hybridized carbons (Fsp3) is 0. The maximum atomic E-state index is 10.8. The third kappa shape index (κ3) is 1.47. The van der Waals surface area contributed by atoms with Gasteiger partial charge in [0.1, 0.15) is 0 Å². The number of aromatic nitrogens is 2. The number of nitrogens with zero attached hydrogens (tertiary/aromatic N) is 2. The molecular formula is C9H7N3O2. The minimum atomic E-state index is -0.456. The number of hydrogen-bond donors (Lipinski definition) is 1. The van der Waals surface area contributed by atoms with Crippen molar-refractivity contribution in [2.24, 2.45) is 5.73 Å². The summed E-state index contributed by atoms with van der Waals surface area (Å²) in [6.45, 7) is 0. The molecule has 0 fully saturated rings. The number of benzene rings is 1. The van der Waals surface area contributed by atoms with Gasteiger partial charge in [-0.3, -0.25) is 4.79 Å². The molecule has 0 aliphatic heterocycles. The van der Waals surface area contributed by atoms with Gasteiger partial charge in [-0.25, -0.2) is 0 Å². The van der Waals surface area contributed by atoms with E-state index in [-0.39, 0.29) is 0 Å². The van der Waals surface area contributed by atoms with Crippen molar-refractivity contribution in [3.63, 3.8) is 0 Å².